The van der Waals surface area contributed by atoms with E-state index in [1.54, 1.807) is 18.5 Å². The monoisotopic (exact) mass is 273 g/mol. The summed E-state index contributed by atoms with van der Waals surface area (Å²) in [7, 11) is 0. The first-order valence-electron chi connectivity index (χ1n) is 6.20. The third kappa shape index (κ3) is 6.32. The largest absolute Gasteiger partial charge is 0.390 e. The standard InChI is InChI=1S/C11H23N5OS/c1-9(2)7-12-5-6-16-10(13-14-15-16)18-8-11(3,4)17/h9,12,17H,5-8H2,1-4H3. The molecule has 1 aromatic rings. The number of nitrogens with one attached hydrogen (secondary N) is 1. The predicted octanol–water partition coefficient (Wildman–Crippen LogP) is 0.782. The minimum atomic E-state index is -0.711. The van der Waals surface area contributed by atoms with Crippen LogP contribution in [-0.2, 0) is 6.54 Å². The van der Waals surface area contributed by atoms with Crippen molar-refractivity contribution < 1.29 is 5.11 Å². The van der Waals surface area contributed by atoms with E-state index in [1.807, 2.05) is 0 Å². The normalized spacial score (nSPS) is 12.3. The quantitative estimate of drug-likeness (QED) is 0.538. The van der Waals surface area contributed by atoms with Crippen LogP contribution in [0.4, 0.5) is 0 Å². The number of hydrogen-bond acceptors (Lipinski definition) is 6. The average Bonchev–Trinajstić information content (AvgIpc) is 2.68. The summed E-state index contributed by atoms with van der Waals surface area (Å²) in [5, 5.41) is 25.3. The van der Waals surface area contributed by atoms with Gasteiger partial charge in [0.05, 0.1) is 12.1 Å². The van der Waals surface area contributed by atoms with Gasteiger partial charge in [-0.3, -0.25) is 0 Å². The lowest BCUT2D eigenvalue weighted by molar-refractivity contribution is 0.107. The van der Waals surface area contributed by atoms with Crippen LogP contribution in [0.3, 0.4) is 0 Å². The molecule has 1 heterocycles. The highest BCUT2D eigenvalue weighted by Crippen LogP contribution is 2.19. The zero-order valence-electron chi connectivity index (χ0n) is 11.6. The van der Waals surface area contributed by atoms with Crippen LogP contribution in [0.1, 0.15) is 27.7 Å². The first-order valence-corrected chi connectivity index (χ1v) is 7.19. The highest BCUT2D eigenvalue weighted by molar-refractivity contribution is 7.99. The zero-order chi connectivity index (χ0) is 13.6. The van der Waals surface area contributed by atoms with Crippen LogP contribution in [0.25, 0.3) is 0 Å². The average molecular weight is 273 g/mol. The van der Waals surface area contributed by atoms with Gasteiger partial charge in [-0.2, -0.15) is 0 Å². The minimum Gasteiger partial charge on any atom is -0.390 e. The summed E-state index contributed by atoms with van der Waals surface area (Å²) in [6.07, 6.45) is 0. The Labute approximate surface area is 113 Å². The van der Waals surface area contributed by atoms with Gasteiger partial charge in [0.1, 0.15) is 0 Å². The van der Waals surface area contributed by atoms with Crippen molar-refractivity contribution in [3.8, 4) is 0 Å². The fourth-order valence-corrected chi connectivity index (χ4v) is 2.11. The molecule has 1 aromatic heterocycles. The topological polar surface area (TPSA) is 75.9 Å². The Morgan fingerprint density at radius 1 is 1.44 bits per heavy atom. The van der Waals surface area contributed by atoms with Crippen LogP contribution in [0.2, 0.25) is 0 Å². The van der Waals surface area contributed by atoms with Gasteiger partial charge < -0.3 is 10.4 Å². The van der Waals surface area contributed by atoms with Crippen molar-refractivity contribution in [1.82, 2.24) is 25.5 Å². The van der Waals surface area contributed by atoms with E-state index in [0.717, 1.165) is 24.8 Å². The molecule has 0 saturated heterocycles. The Bertz CT molecular complexity index is 347. The fourth-order valence-electron chi connectivity index (χ4n) is 1.26. The number of tetrazole rings is 1. The molecule has 0 unspecified atom stereocenters. The van der Waals surface area contributed by atoms with Crippen LogP contribution in [0.5, 0.6) is 0 Å². The summed E-state index contributed by atoms with van der Waals surface area (Å²) in [6, 6.07) is 0. The van der Waals surface area contributed by atoms with Crippen LogP contribution in [-0.4, -0.2) is 49.8 Å². The number of aliphatic hydroxyl groups is 1. The molecular weight excluding hydrogens is 250 g/mol. The third-order valence-corrected chi connectivity index (χ3v) is 3.51. The zero-order valence-corrected chi connectivity index (χ0v) is 12.4. The van der Waals surface area contributed by atoms with E-state index < -0.39 is 5.60 Å². The van der Waals surface area contributed by atoms with E-state index in [9.17, 15) is 5.11 Å². The SMILES string of the molecule is CC(C)CNCCn1nnnc1SCC(C)(C)O. The molecule has 0 bridgehead atoms. The van der Waals surface area contributed by atoms with Gasteiger partial charge in [0, 0.05) is 12.3 Å². The summed E-state index contributed by atoms with van der Waals surface area (Å²) < 4.78 is 1.77. The Balaban J connectivity index is 2.35. The van der Waals surface area contributed by atoms with Gasteiger partial charge in [0.2, 0.25) is 5.16 Å². The van der Waals surface area contributed by atoms with Crippen LogP contribution >= 0.6 is 11.8 Å². The molecule has 0 aromatic carbocycles. The van der Waals surface area contributed by atoms with Crippen molar-refractivity contribution in [2.24, 2.45) is 5.92 Å². The second kappa shape index (κ2) is 7.06. The van der Waals surface area contributed by atoms with E-state index in [0.29, 0.717) is 11.7 Å². The molecule has 6 nitrogen and oxygen atoms in total. The Kier molecular flexibility index (Phi) is 6.04. The molecule has 7 heteroatoms. The van der Waals surface area contributed by atoms with Gasteiger partial charge in [0.15, 0.2) is 0 Å². The highest BCUT2D eigenvalue weighted by Gasteiger charge is 2.15. The maximum atomic E-state index is 9.67. The van der Waals surface area contributed by atoms with E-state index >= 15 is 0 Å². The van der Waals surface area contributed by atoms with Crippen LogP contribution < -0.4 is 5.32 Å². The van der Waals surface area contributed by atoms with Crippen molar-refractivity contribution in [2.75, 3.05) is 18.8 Å². The molecular formula is C11H23N5OS. The lowest BCUT2D eigenvalue weighted by Crippen LogP contribution is -2.25. The molecule has 0 aliphatic rings. The van der Waals surface area contributed by atoms with Gasteiger partial charge in [0.25, 0.3) is 0 Å². The van der Waals surface area contributed by atoms with Crippen LogP contribution in [0, 0.1) is 5.92 Å². The fraction of sp³-hybridized carbons (Fsp3) is 0.909. The number of thioether (sulfide) groups is 1. The molecule has 0 amide bonds. The highest BCUT2D eigenvalue weighted by atomic mass is 32.2. The van der Waals surface area contributed by atoms with Crippen molar-refractivity contribution in [2.45, 2.75) is 45.0 Å². The molecule has 2 N–H and O–H groups in total. The first-order chi connectivity index (χ1) is 8.38. The molecule has 104 valence electrons. The van der Waals surface area contributed by atoms with Gasteiger partial charge in [-0.1, -0.05) is 25.6 Å². The van der Waals surface area contributed by atoms with E-state index in [2.05, 4.69) is 34.7 Å². The summed E-state index contributed by atoms with van der Waals surface area (Å²) in [5.41, 5.74) is -0.711. The van der Waals surface area contributed by atoms with Crippen molar-refractivity contribution >= 4 is 11.8 Å². The molecule has 0 saturated carbocycles. The summed E-state index contributed by atoms with van der Waals surface area (Å²) in [6.45, 7) is 10.5. The summed E-state index contributed by atoms with van der Waals surface area (Å²) in [5.74, 6) is 1.22. The lowest BCUT2D eigenvalue weighted by atomic mass is 10.2. The molecule has 0 atom stereocenters. The van der Waals surface area contributed by atoms with Crippen molar-refractivity contribution in [3.05, 3.63) is 0 Å². The number of rotatable bonds is 8. The van der Waals surface area contributed by atoms with Crippen molar-refractivity contribution in [1.29, 1.82) is 0 Å². The molecule has 18 heavy (non-hydrogen) atoms. The smallest absolute Gasteiger partial charge is 0.209 e. The number of aromatic nitrogens is 4. The van der Waals surface area contributed by atoms with Gasteiger partial charge in [-0.05, 0) is 36.7 Å². The number of nitrogens with zero attached hydrogens (tertiary/aromatic N) is 4. The third-order valence-electron chi connectivity index (χ3n) is 2.11. The molecule has 1 rings (SSSR count). The lowest BCUT2D eigenvalue weighted by Gasteiger charge is -2.15. The summed E-state index contributed by atoms with van der Waals surface area (Å²) >= 11 is 1.47. The molecule has 0 fully saturated rings. The maximum Gasteiger partial charge on any atom is 0.209 e. The molecule has 0 radical (unpaired) electrons. The summed E-state index contributed by atoms with van der Waals surface area (Å²) in [4.78, 5) is 0. The Hall–Kier alpha value is -0.660. The first kappa shape index (κ1) is 15.4. The molecule has 0 aliphatic heterocycles. The van der Waals surface area contributed by atoms with E-state index in [4.69, 9.17) is 0 Å². The Morgan fingerprint density at radius 3 is 2.78 bits per heavy atom. The van der Waals surface area contributed by atoms with Gasteiger partial charge >= 0.3 is 0 Å². The molecule has 0 spiro atoms. The Morgan fingerprint density at radius 2 is 2.17 bits per heavy atom. The second-order valence-corrected chi connectivity index (χ2v) is 6.33. The van der Waals surface area contributed by atoms with E-state index in [1.165, 1.54) is 11.8 Å². The molecule has 0 aliphatic carbocycles. The van der Waals surface area contributed by atoms with Crippen LogP contribution in [0.15, 0.2) is 5.16 Å². The van der Waals surface area contributed by atoms with Gasteiger partial charge in [-0.15, -0.1) is 5.10 Å². The van der Waals surface area contributed by atoms with Crippen molar-refractivity contribution in [3.63, 3.8) is 0 Å². The van der Waals surface area contributed by atoms with Gasteiger partial charge in [-0.25, -0.2) is 4.68 Å². The van der Waals surface area contributed by atoms with E-state index in [-0.39, 0.29) is 0 Å². The predicted molar refractivity (Wildman–Crippen MR) is 72.5 cm³/mol. The number of hydrogen-bond donors (Lipinski definition) is 2. The second-order valence-electron chi connectivity index (χ2n) is 5.38. The maximum absolute atomic E-state index is 9.67. The minimum absolute atomic E-state index is 0.576.